The second-order valence-corrected chi connectivity index (χ2v) is 5.12. The molecule has 0 saturated carbocycles. The summed E-state index contributed by atoms with van der Waals surface area (Å²) in [6, 6.07) is 4.11. The molecule has 0 amide bonds. The molecule has 1 aliphatic heterocycles. The van der Waals surface area contributed by atoms with Crippen LogP contribution in [0.3, 0.4) is 0 Å². The maximum atomic E-state index is 4.30. The van der Waals surface area contributed by atoms with E-state index in [2.05, 4.69) is 33.9 Å². The van der Waals surface area contributed by atoms with E-state index in [1.54, 1.807) is 18.0 Å². The standard InChI is InChI=1S/C12H17N3S/c1-3-11-4-5-12(10-13-11)16-15-8-6-14(2)7-9-15/h3-5,10H,1,6-9H2,2H3. The highest BCUT2D eigenvalue weighted by Crippen LogP contribution is 2.22. The number of likely N-dealkylation sites (N-methyl/N-ethyl adjacent to an activating group) is 1. The van der Waals surface area contributed by atoms with E-state index in [1.807, 2.05) is 12.3 Å². The zero-order chi connectivity index (χ0) is 11.4. The van der Waals surface area contributed by atoms with Crippen LogP contribution in [0.25, 0.3) is 6.08 Å². The van der Waals surface area contributed by atoms with Gasteiger partial charge in [0.05, 0.1) is 5.69 Å². The van der Waals surface area contributed by atoms with Crippen LogP contribution < -0.4 is 0 Å². The summed E-state index contributed by atoms with van der Waals surface area (Å²) >= 11 is 1.80. The lowest BCUT2D eigenvalue weighted by Crippen LogP contribution is -2.40. The Morgan fingerprint density at radius 1 is 1.31 bits per heavy atom. The van der Waals surface area contributed by atoms with Gasteiger partial charge in [0.2, 0.25) is 0 Å². The molecular weight excluding hydrogens is 218 g/mol. The van der Waals surface area contributed by atoms with E-state index >= 15 is 0 Å². The van der Waals surface area contributed by atoms with Crippen LogP contribution in [0.2, 0.25) is 0 Å². The van der Waals surface area contributed by atoms with Crippen molar-refractivity contribution in [3.63, 3.8) is 0 Å². The van der Waals surface area contributed by atoms with E-state index in [9.17, 15) is 0 Å². The van der Waals surface area contributed by atoms with E-state index in [1.165, 1.54) is 4.90 Å². The quantitative estimate of drug-likeness (QED) is 0.746. The Balaban J connectivity index is 1.91. The van der Waals surface area contributed by atoms with Gasteiger partial charge in [-0.05, 0) is 37.2 Å². The Morgan fingerprint density at radius 3 is 2.62 bits per heavy atom. The fraction of sp³-hybridized carbons (Fsp3) is 0.417. The molecule has 1 aromatic rings. The fourth-order valence-corrected chi connectivity index (χ4v) is 2.47. The summed E-state index contributed by atoms with van der Waals surface area (Å²) in [5, 5.41) is 0. The van der Waals surface area contributed by atoms with Crippen molar-refractivity contribution < 1.29 is 0 Å². The molecule has 0 spiro atoms. The summed E-state index contributed by atoms with van der Waals surface area (Å²) in [6.45, 7) is 8.22. The van der Waals surface area contributed by atoms with Crippen molar-refractivity contribution in [3.8, 4) is 0 Å². The molecule has 2 heterocycles. The van der Waals surface area contributed by atoms with E-state index in [0.29, 0.717) is 0 Å². The minimum atomic E-state index is 0.933. The molecule has 0 aliphatic carbocycles. The summed E-state index contributed by atoms with van der Waals surface area (Å²) in [4.78, 5) is 7.86. The van der Waals surface area contributed by atoms with E-state index in [4.69, 9.17) is 0 Å². The summed E-state index contributed by atoms with van der Waals surface area (Å²) in [5.74, 6) is 0. The molecule has 0 N–H and O–H groups in total. The molecule has 16 heavy (non-hydrogen) atoms. The van der Waals surface area contributed by atoms with Gasteiger partial charge in [0.1, 0.15) is 0 Å². The van der Waals surface area contributed by atoms with Gasteiger partial charge >= 0.3 is 0 Å². The fourth-order valence-electron chi connectivity index (χ4n) is 1.59. The topological polar surface area (TPSA) is 19.4 Å². The largest absolute Gasteiger partial charge is 0.304 e. The average molecular weight is 235 g/mol. The van der Waals surface area contributed by atoms with E-state index in [-0.39, 0.29) is 0 Å². The van der Waals surface area contributed by atoms with Gasteiger partial charge in [-0.1, -0.05) is 6.58 Å². The maximum absolute atomic E-state index is 4.30. The average Bonchev–Trinajstić information content (AvgIpc) is 2.33. The van der Waals surface area contributed by atoms with Crippen LogP contribution in [0.4, 0.5) is 0 Å². The normalized spacial score (nSPS) is 18.6. The zero-order valence-electron chi connectivity index (χ0n) is 9.59. The minimum Gasteiger partial charge on any atom is -0.304 e. The van der Waals surface area contributed by atoms with Crippen molar-refractivity contribution in [1.29, 1.82) is 0 Å². The first kappa shape index (κ1) is 11.6. The third-order valence-electron chi connectivity index (χ3n) is 2.67. The third-order valence-corrected chi connectivity index (χ3v) is 3.74. The number of nitrogens with zero attached hydrogens (tertiary/aromatic N) is 3. The minimum absolute atomic E-state index is 0.933. The van der Waals surface area contributed by atoms with Crippen molar-refractivity contribution >= 4 is 18.0 Å². The van der Waals surface area contributed by atoms with Crippen molar-refractivity contribution in [1.82, 2.24) is 14.2 Å². The maximum Gasteiger partial charge on any atom is 0.0624 e. The molecule has 1 saturated heterocycles. The van der Waals surface area contributed by atoms with Crippen LogP contribution in [0, 0.1) is 0 Å². The first-order valence-electron chi connectivity index (χ1n) is 5.48. The number of hydrogen-bond acceptors (Lipinski definition) is 4. The molecule has 1 aromatic heterocycles. The zero-order valence-corrected chi connectivity index (χ0v) is 10.4. The summed E-state index contributed by atoms with van der Waals surface area (Å²) in [5.41, 5.74) is 0.933. The molecule has 2 rings (SSSR count). The van der Waals surface area contributed by atoms with Crippen LogP contribution in [0.1, 0.15) is 5.69 Å². The smallest absolute Gasteiger partial charge is 0.0624 e. The predicted molar refractivity (Wildman–Crippen MR) is 69.3 cm³/mol. The molecule has 1 fully saturated rings. The number of aromatic nitrogens is 1. The van der Waals surface area contributed by atoms with Gasteiger partial charge in [-0.2, -0.15) is 0 Å². The molecule has 4 heteroatoms. The lowest BCUT2D eigenvalue weighted by Gasteiger charge is -2.31. The van der Waals surface area contributed by atoms with Gasteiger partial charge in [-0.3, -0.25) is 4.98 Å². The monoisotopic (exact) mass is 235 g/mol. The van der Waals surface area contributed by atoms with Gasteiger partial charge in [0.15, 0.2) is 0 Å². The first-order chi connectivity index (χ1) is 7.78. The highest BCUT2D eigenvalue weighted by molar-refractivity contribution is 7.97. The highest BCUT2D eigenvalue weighted by atomic mass is 32.2. The highest BCUT2D eigenvalue weighted by Gasteiger charge is 2.14. The Hall–Kier alpha value is -0.840. The Labute approximate surface area is 101 Å². The second-order valence-electron chi connectivity index (χ2n) is 3.95. The molecule has 0 unspecified atom stereocenters. The number of rotatable bonds is 3. The molecule has 3 nitrogen and oxygen atoms in total. The van der Waals surface area contributed by atoms with Crippen molar-refractivity contribution in [3.05, 3.63) is 30.6 Å². The van der Waals surface area contributed by atoms with Gasteiger partial charge < -0.3 is 4.90 Å². The van der Waals surface area contributed by atoms with Crippen LogP contribution in [-0.4, -0.2) is 47.4 Å². The molecule has 0 aromatic carbocycles. The van der Waals surface area contributed by atoms with Crippen LogP contribution in [0.15, 0.2) is 29.8 Å². The SMILES string of the molecule is C=Cc1ccc(SN2CCN(C)CC2)cn1. The van der Waals surface area contributed by atoms with Crippen molar-refractivity contribution in [2.45, 2.75) is 4.90 Å². The van der Waals surface area contributed by atoms with E-state index < -0.39 is 0 Å². The Kier molecular flexibility index (Phi) is 3.98. The number of pyridine rings is 1. The predicted octanol–water partition coefficient (Wildman–Crippen LogP) is 1.98. The van der Waals surface area contributed by atoms with Crippen molar-refractivity contribution in [2.75, 3.05) is 33.2 Å². The molecule has 0 radical (unpaired) electrons. The van der Waals surface area contributed by atoms with Gasteiger partial charge in [0.25, 0.3) is 0 Å². The lowest BCUT2D eigenvalue weighted by atomic mass is 10.3. The third kappa shape index (κ3) is 3.07. The van der Waals surface area contributed by atoms with E-state index in [0.717, 1.165) is 31.9 Å². The van der Waals surface area contributed by atoms with Gasteiger partial charge in [0, 0.05) is 37.3 Å². The van der Waals surface area contributed by atoms with Crippen LogP contribution in [-0.2, 0) is 0 Å². The van der Waals surface area contributed by atoms with Gasteiger partial charge in [-0.15, -0.1) is 0 Å². The molecular formula is C12H17N3S. The van der Waals surface area contributed by atoms with Gasteiger partial charge in [-0.25, -0.2) is 4.31 Å². The van der Waals surface area contributed by atoms with Crippen molar-refractivity contribution in [2.24, 2.45) is 0 Å². The Bertz CT molecular complexity index is 342. The molecule has 0 atom stereocenters. The number of piperazine rings is 1. The summed E-state index contributed by atoms with van der Waals surface area (Å²) < 4.78 is 2.39. The molecule has 0 bridgehead atoms. The van der Waals surface area contributed by atoms with Crippen LogP contribution >= 0.6 is 11.9 Å². The Morgan fingerprint density at radius 2 is 2.06 bits per heavy atom. The lowest BCUT2D eigenvalue weighted by molar-refractivity contribution is 0.233. The first-order valence-corrected chi connectivity index (χ1v) is 6.25. The molecule has 86 valence electrons. The second kappa shape index (κ2) is 5.48. The number of hydrogen-bond donors (Lipinski definition) is 0. The molecule has 1 aliphatic rings. The summed E-state index contributed by atoms with van der Waals surface area (Å²) in [6.07, 6.45) is 3.68. The summed E-state index contributed by atoms with van der Waals surface area (Å²) in [7, 11) is 2.17. The van der Waals surface area contributed by atoms with Crippen LogP contribution in [0.5, 0.6) is 0 Å².